The van der Waals surface area contributed by atoms with Crippen molar-refractivity contribution in [2.24, 2.45) is 5.92 Å². The van der Waals surface area contributed by atoms with E-state index in [4.69, 9.17) is 4.74 Å². The average molecular weight is 495 g/mol. The number of rotatable bonds is 9. The molecule has 0 bridgehead atoms. The molecule has 2 aromatic carbocycles. The van der Waals surface area contributed by atoms with E-state index >= 15 is 0 Å². The van der Waals surface area contributed by atoms with Crippen LogP contribution in [0.1, 0.15) is 32.0 Å². The third kappa shape index (κ3) is 5.85. The van der Waals surface area contributed by atoms with Crippen molar-refractivity contribution >= 4 is 9.84 Å². The SMILES string of the molecule is CC(C)CCOc1c(-c2ccc(S(C)(=O)=O)cc2)cnn(-c2cccc(C(F)C(F)F)c2)c1=O. The van der Waals surface area contributed by atoms with Gasteiger partial charge in [0.15, 0.2) is 21.8 Å². The van der Waals surface area contributed by atoms with Gasteiger partial charge >= 0.3 is 5.56 Å². The Kier molecular flexibility index (Phi) is 7.81. The summed E-state index contributed by atoms with van der Waals surface area (Å²) in [5, 5.41) is 4.14. The quantitative estimate of drug-likeness (QED) is 0.418. The molecule has 1 aromatic heterocycles. The number of hydrogen-bond donors (Lipinski definition) is 0. The zero-order chi connectivity index (χ0) is 25.0. The van der Waals surface area contributed by atoms with Crippen molar-refractivity contribution in [2.75, 3.05) is 12.9 Å². The molecule has 1 atom stereocenters. The second kappa shape index (κ2) is 10.4. The van der Waals surface area contributed by atoms with Crippen molar-refractivity contribution in [3.63, 3.8) is 0 Å². The van der Waals surface area contributed by atoms with Gasteiger partial charge in [0.05, 0.1) is 23.4 Å². The molecule has 3 rings (SSSR count). The molecule has 0 aliphatic heterocycles. The summed E-state index contributed by atoms with van der Waals surface area (Å²) >= 11 is 0. The van der Waals surface area contributed by atoms with Crippen LogP contribution in [0.3, 0.4) is 0 Å². The maximum Gasteiger partial charge on any atom is 0.314 e. The van der Waals surface area contributed by atoms with Gasteiger partial charge in [0.2, 0.25) is 0 Å². The lowest BCUT2D eigenvalue weighted by atomic mass is 10.1. The van der Waals surface area contributed by atoms with Gasteiger partial charge in [0.25, 0.3) is 6.43 Å². The van der Waals surface area contributed by atoms with Gasteiger partial charge in [-0.05, 0) is 47.7 Å². The van der Waals surface area contributed by atoms with Crippen LogP contribution < -0.4 is 10.3 Å². The predicted molar refractivity (Wildman–Crippen MR) is 123 cm³/mol. The molecule has 0 radical (unpaired) electrons. The zero-order valence-electron chi connectivity index (χ0n) is 18.9. The highest BCUT2D eigenvalue weighted by atomic mass is 32.2. The Morgan fingerprint density at radius 1 is 1.06 bits per heavy atom. The minimum Gasteiger partial charge on any atom is -0.487 e. The topological polar surface area (TPSA) is 78.3 Å². The highest BCUT2D eigenvalue weighted by molar-refractivity contribution is 7.90. The maximum atomic E-state index is 13.9. The highest BCUT2D eigenvalue weighted by Gasteiger charge is 2.23. The molecule has 1 unspecified atom stereocenters. The minimum atomic E-state index is -3.40. The Labute approximate surface area is 195 Å². The van der Waals surface area contributed by atoms with Crippen molar-refractivity contribution in [2.45, 2.75) is 37.8 Å². The van der Waals surface area contributed by atoms with Crippen LogP contribution in [0.5, 0.6) is 5.75 Å². The van der Waals surface area contributed by atoms with Crippen molar-refractivity contribution in [3.8, 4) is 22.6 Å². The summed E-state index contributed by atoms with van der Waals surface area (Å²) in [6.07, 6.45) is -2.57. The van der Waals surface area contributed by atoms with Gasteiger partial charge in [-0.3, -0.25) is 4.79 Å². The zero-order valence-corrected chi connectivity index (χ0v) is 19.7. The Morgan fingerprint density at radius 3 is 2.32 bits per heavy atom. The lowest BCUT2D eigenvalue weighted by Gasteiger charge is -2.15. The lowest BCUT2D eigenvalue weighted by molar-refractivity contribution is 0.0495. The molecule has 0 fully saturated rings. The normalized spacial score (nSPS) is 12.8. The highest BCUT2D eigenvalue weighted by Crippen LogP contribution is 2.29. The summed E-state index contributed by atoms with van der Waals surface area (Å²) in [5.74, 6) is 0.285. The summed E-state index contributed by atoms with van der Waals surface area (Å²) in [4.78, 5) is 13.4. The fourth-order valence-electron chi connectivity index (χ4n) is 3.22. The second-order valence-electron chi connectivity index (χ2n) is 8.26. The number of ether oxygens (including phenoxy) is 1. The van der Waals surface area contributed by atoms with Crippen molar-refractivity contribution in [1.29, 1.82) is 0 Å². The fourth-order valence-corrected chi connectivity index (χ4v) is 3.85. The molecule has 34 heavy (non-hydrogen) atoms. The van der Waals surface area contributed by atoms with E-state index in [1.165, 1.54) is 36.5 Å². The van der Waals surface area contributed by atoms with Gasteiger partial charge in [0.1, 0.15) is 0 Å². The molecular formula is C24H25F3N2O4S. The first-order valence-electron chi connectivity index (χ1n) is 10.6. The van der Waals surface area contributed by atoms with Crippen LogP contribution in [0.2, 0.25) is 0 Å². The minimum absolute atomic E-state index is 0.0289. The first-order chi connectivity index (χ1) is 16.0. The maximum absolute atomic E-state index is 13.9. The fraction of sp³-hybridized carbons (Fsp3) is 0.333. The molecule has 6 nitrogen and oxygen atoms in total. The van der Waals surface area contributed by atoms with Crippen LogP contribution in [0.25, 0.3) is 16.8 Å². The Bertz CT molecular complexity index is 1310. The van der Waals surface area contributed by atoms with E-state index in [0.29, 0.717) is 23.5 Å². The molecule has 0 saturated heterocycles. The lowest BCUT2D eigenvalue weighted by Crippen LogP contribution is -2.24. The largest absolute Gasteiger partial charge is 0.487 e. The molecular weight excluding hydrogens is 469 g/mol. The molecule has 1 heterocycles. The first kappa shape index (κ1) is 25.5. The van der Waals surface area contributed by atoms with E-state index in [1.807, 2.05) is 13.8 Å². The molecule has 3 aromatic rings. The smallest absolute Gasteiger partial charge is 0.314 e. The molecule has 10 heteroatoms. The number of alkyl halides is 3. The van der Waals surface area contributed by atoms with Gasteiger partial charge in [0, 0.05) is 11.8 Å². The van der Waals surface area contributed by atoms with Crippen LogP contribution in [-0.4, -0.2) is 37.5 Å². The summed E-state index contributed by atoms with van der Waals surface area (Å²) in [6, 6.07) is 11.1. The van der Waals surface area contributed by atoms with Crippen LogP contribution in [0.4, 0.5) is 13.2 Å². The Morgan fingerprint density at radius 2 is 1.74 bits per heavy atom. The standard InChI is InChI=1S/C24H25F3N2O4S/c1-15(2)11-12-33-22-20(16-7-9-19(10-8-16)34(3,31)32)14-28-29(24(22)30)18-6-4-5-17(13-18)21(25)23(26)27/h4-10,13-15,21,23H,11-12H2,1-3H3. The monoisotopic (exact) mass is 494 g/mol. The van der Waals surface area contributed by atoms with Crippen LogP contribution in [-0.2, 0) is 9.84 Å². The van der Waals surface area contributed by atoms with Crippen molar-refractivity contribution in [3.05, 3.63) is 70.6 Å². The van der Waals surface area contributed by atoms with Gasteiger partial charge in [-0.15, -0.1) is 0 Å². The Hall–Kier alpha value is -3.14. The molecule has 182 valence electrons. The number of halogens is 3. The third-order valence-electron chi connectivity index (χ3n) is 5.12. The number of hydrogen-bond acceptors (Lipinski definition) is 5. The van der Waals surface area contributed by atoms with Gasteiger partial charge in [-0.25, -0.2) is 21.6 Å². The molecule has 0 saturated carbocycles. The van der Waals surface area contributed by atoms with Crippen LogP contribution in [0, 0.1) is 5.92 Å². The first-order valence-corrected chi connectivity index (χ1v) is 12.5. The number of aromatic nitrogens is 2. The average Bonchev–Trinajstić information content (AvgIpc) is 2.79. The van der Waals surface area contributed by atoms with Crippen molar-refractivity contribution < 1.29 is 26.3 Å². The number of nitrogens with zero attached hydrogens (tertiary/aromatic N) is 2. The second-order valence-corrected chi connectivity index (χ2v) is 10.3. The number of sulfone groups is 1. The molecule has 0 amide bonds. The summed E-state index contributed by atoms with van der Waals surface area (Å²) in [6.45, 7) is 4.24. The van der Waals surface area contributed by atoms with Crippen LogP contribution >= 0.6 is 0 Å². The van der Waals surface area contributed by atoms with E-state index in [2.05, 4.69) is 5.10 Å². The van der Waals surface area contributed by atoms with E-state index < -0.39 is 28.0 Å². The van der Waals surface area contributed by atoms with Crippen molar-refractivity contribution in [1.82, 2.24) is 9.78 Å². The molecule has 0 aliphatic carbocycles. The third-order valence-corrected chi connectivity index (χ3v) is 6.25. The Balaban J connectivity index is 2.10. The summed E-state index contributed by atoms with van der Waals surface area (Å²) in [7, 11) is -3.40. The van der Waals surface area contributed by atoms with E-state index in [1.54, 1.807) is 12.1 Å². The van der Waals surface area contributed by atoms with Gasteiger partial charge < -0.3 is 4.74 Å². The molecule has 0 spiro atoms. The van der Waals surface area contributed by atoms with Gasteiger partial charge in [-0.1, -0.05) is 38.1 Å². The molecule has 0 aliphatic rings. The summed E-state index contributed by atoms with van der Waals surface area (Å²) < 4.78 is 69.8. The van der Waals surface area contributed by atoms with E-state index in [9.17, 15) is 26.4 Å². The van der Waals surface area contributed by atoms with Gasteiger partial charge in [-0.2, -0.15) is 9.78 Å². The molecule has 0 N–H and O–H groups in total. The predicted octanol–water partition coefficient (Wildman–Crippen LogP) is 5.00. The summed E-state index contributed by atoms with van der Waals surface area (Å²) in [5.41, 5.74) is 0.0385. The van der Waals surface area contributed by atoms with Crippen LogP contribution in [0.15, 0.2) is 64.4 Å². The number of benzene rings is 2. The van der Waals surface area contributed by atoms with E-state index in [-0.39, 0.29) is 28.5 Å². The van der Waals surface area contributed by atoms with E-state index in [0.717, 1.165) is 17.0 Å².